The van der Waals surface area contributed by atoms with Gasteiger partial charge >= 0.3 is 0 Å². The molecule has 14 heavy (non-hydrogen) atoms. The van der Waals surface area contributed by atoms with E-state index < -0.39 is 5.60 Å². The normalized spacial score (nSPS) is 18.7. The molecule has 1 aliphatic rings. The number of aromatic nitrogens is 1. The molecule has 1 heterocycles. The van der Waals surface area contributed by atoms with Crippen molar-refractivity contribution in [3.8, 4) is 0 Å². The van der Waals surface area contributed by atoms with Gasteiger partial charge in [0.1, 0.15) is 5.82 Å². The molecule has 0 aliphatic heterocycles. The largest absolute Gasteiger partial charge is 0.388 e. The van der Waals surface area contributed by atoms with Gasteiger partial charge in [-0.05, 0) is 37.8 Å². The summed E-state index contributed by atoms with van der Waals surface area (Å²) in [6.45, 7) is 2.63. The standard InChI is InChI=1S/C11H16N2O/c1-9-4-2-7-12-10(9)13-8-11(14)5-3-6-11/h2,4,7,14H,3,5-6,8H2,1H3,(H,12,13). The summed E-state index contributed by atoms with van der Waals surface area (Å²) in [6.07, 6.45) is 4.72. The number of aliphatic hydroxyl groups is 1. The second-order valence-electron chi connectivity index (χ2n) is 4.10. The van der Waals surface area contributed by atoms with Crippen molar-refractivity contribution >= 4 is 5.82 Å². The Bertz CT molecular complexity index is 321. The van der Waals surface area contributed by atoms with Gasteiger partial charge in [0.25, 0.3) is 0 Å². The average molecular weight is 192 g/mol. The number of anilines is 1. The summed E-state index contributed by atoms with van der Waals surface area (Å²) in [5.41, 5.74) is 0.639. The minimum Gasteiger partial charge on any atom is -0.388 e. The molecule has 0 radical (unpaired) electrons. The lowest BCUT2D eigenvalue weighted by molar-refractivity contribution is -0.0202. The van der Waals surface area contributed by atoms with Crippen molar-refractivity contribution in [1.29, 1.82) is 0 Å². The first kappa shape index (κ1) is 9.46. The molecule has 0 aromatic carbocycles. The summed E-state index contributed by atoms with van der Waals surface area (Å²) in [7, 11) is 0. The minimum atomic E-state index is -0.482. The SMILES string of the molecule is Cc1cccnc1NCC1(O)CCC1. The van der Waals surface area contributed by atoms with Crippen LogP contribution < -0.4 is 5.32 Å². The van der Waals surface area contributed by atoms with Crippen LogP contribution in [0.5, 0.6) is 0 Å². The number of pyridine rings is 1. The van der Waals surface area contributed by atoms with Crippen LogP contribution in [0.1, 0.15) is 24.8 Å². The van der Waals surface area contributed by atoms with Crippen LogP contribution in [0.25, 0.3) is 0 Å². The maximum Gasteiger partial charge on any atom is 0.128 e. The number of aryl methyl sites for hydroxylation is 1. The molecule has 1 fully saturated rings. The van der Waals surface area contributed by atoms with Crippen molar-refractivity contribution in [2.75, 3.05) is 11.9 Å². The van der Waals surface area contributed by atoms with E-state index in [9.17, 15) is 5.11 Å². The Labute approximate surface area is 84.2 Å². The number of rotatable bonds is 3. The first-order valence-electron chi connectivity index (χ1n) is 5.07. The molecule has 3 nitrogen and oxygen atoms in total. The average Bonchev–Trinajstić information content (AvgIpc) is 2.14. The van der Waals surface area contributed by atoms with Crippen LogP contribution in [-0.2, 0) is 0 Å². The zero-order valence-corrected chi connectivity index (χ0v) is 8.45. The van der Waals surface area contributed by atoms with Gasteiger partial charge in [0.2, 0.25) is 0 Å². The topological polar surface area (TPSA) is 45.2 Å². The Balaban J connectivity index is 1.95. The van der Waals surface area contributed by atoms with Crippen molar-refractivity contribution in [2.45, 2.75) is 31.8 Å². The Morgan fingerprint density at radius 1 is 1.57 bits per heavy atom. The van der Waals surface area contributed by atoms with Gasteiger partial charge in [-0.15, -0.1) is 0 Å². The first-order valence-corrected chi connectivity index (χ1v) is 5.07. The second kappa shape index (κ2) is 3.58. The van der Waals surface area contributed by atoms with E-state index in [-0.39, 0.29) is 0 Å². The van der Waals surface area contributed by atoms with Gasteiger partial charge < -0.3 is 10.4 Å². The highest BCUT2D eigenvalue weighted by Crippen LogP contribution is 2.31. The zero-order valence-electron chi connectivity index (χ0n) is 8.45. The fourth-order valence-corrected chi connectivity index (χ4v) is 1.68. The lowest BCUT2D eigenvalue weighted by Gasteiger charge is -2.36. The van der Waals surface area contributed by atoms with E-state index in [4.69, 9.17) is 0 Å². The molecule has 1 aromatic heterocycles. The van der Waals surface area contributed by atoms with Crippen molar-refractivity contribution < 1.29 is 5.11 Å². The Kier molecular flexibility index (Phi) is 2.42. The molecule has 0 spiro atoms. The van der Waals surface area contributed by atoms with Crippen LogP contribution in [0, 0.1) is 6.92 Å². The van der Waals surface area contributed by atoms with Crippen molar-refractivity contribution in [3.63, 3.8) is 0 Å². The minimum absolute atomic E-state index is 0.482. The third kappa shape index (κ3) is 1.87. The van der Waals surface area contributed by atoms with Gasteiger partial charge in [-0.1, -0.05) is 6.07 Å². The molecule has 76 valence electrons. The smallest absolute Gasteiger partial charge is 0.128 e. The molecule has 0 unspecified atom stereocenters. The molecular formula is C11H16N2O. The Hall–Kier alpha value is -1.09. The fourth-order valence-electron chi connectivity index (χ4n) is 1.68. The Morgan fingerprint density at radius 3 is 2.93 bits per heavy atom. The quantitative estimate of drug-likeness (QED) is 0.766. The molecular weight excluding hydrogens is 176 g/mol. The van der Waals surface area contributed by atoms with Gasteiger partial charge in [0.05, 0.1) is 5.60 Å². The number of hydrogen-bond donors (Lipinski definition) is 2. The molecule has 1 aliphatic carbocycles. The molecule has 0 atom stereocenters. The third-order valence-electron chi connectivity index (χ3n) is 2.88. The lowest BCUT2D eigenvalue weighted by atomic mass is 9.80. The highest BCUT2D eigenvalue weighted by Gasteiger charge is 2.34. The molecule has 1 saturated carbocycles. The Morgan fingerprint density at radius 2 is 2.36 bits per heavy atom. The van der Waals surface area contributed by atoms with E-state index in [2.05, 4.69) is 10.3 Å². The highest BCUT2D eigenvalue weighted by molar-refractivity contribution is 5.42. The number of hydrogen-bond acceptors (Lipinski definition) is 3. The summed E-state index contributed by atoms with van der Waals surface area (Å²) < 4.78 is 0. The molecule has 0 amide bonds. The van der Waals surface area contributed by atoms with Crippen molar-refractivity contribution in [3.05, 3.63) is 23.9 Å². The van der Waals surface area contributed by atoms with E-state index in [1.54, 1.807) is 6.20 Å². The van der Waals surface area contributed by atoms with Gasteiger partial charge in [0, 0.05) is 12.7 Å². The van der Waals surface area contributed by atoms with E-state index >= 15 is 0 Å². The van der Waals surface area contributed by atoms with Gasteiger partial charge in [-0.2, -0.15) is 0 Å². The number of nitrogens with zero attached hydrogens (tertiary/aromatic N) is 1. The van der Waals surface area contributed by atoms with E-state index in [0.717, 1.165) is 30.6 Å². The molecule has 1 aromatic rings. The van der Waals surface area contributed by atoms with Crippen LogP contribution in [0.15, 0.2) is 18.3 Å². The van der Waals surface area contributed by atoms with Crippen LogP contribution >= 0.6 is 0 Å². The van der Waals surface area contributed by atoms with Crippen LogP contribution in [-0.4, -0.2) is 22.2 Å². The zero-order chi connectivity index (χ0) is 10.0. The monoisotopic (exact) mass is 192 g/mol. The first-order chi connectivity index (χ1) is 6.70. The molecule has 0 bridgehead atoms. The molecule has 2 rings (SSSR count). The lowest BCUT2D eigenvalue weighted by Crippen LogP contribution is -2.43. The maximum absolute atomic E-state index is 9.87. The summed E-state index contributed by atoms with van der Waals surface area (Å²) in [6, 6.07) is 3.93. The van der Waals surface area contributed by atoms with Gasteiger partial charge in [-0.3, -0.25) is 0 Å². The summed E-state index contributed by atoms with van der Waals surface area (Å²) >= 11 is 0. The van der Waals surface area contributed by atoms with Gasteiger partial charge in [-0.25, -0.2) is 4.98 Å². The van der Waals surface area contributed by atoms with Crippen molar-refractivity contribution in [1.82, 2.24) is 4.98 Å². The highest BCUT2D eigenvalue weighted by atomic mass is 16.3. The van der Waals surface area contributed by atoms with E-state index in [1.807, 2.05) is 19.1 Å². The predicted octanol–water partition coefficient (Wildman–Crippen LogP) is 1.72. The molecule has 3 heteroatoms. The number of nitrogens with one attached hydrogen (secondary N) is 1. The third-order valence-corrected chi connectivity index (χ3v) is 2.88. The van der Waals surface area contributed by atoms with Crippen LogP contribution in [0.4, 0.5) is 5.82 Å². The molecule has 2 N–H and O–H groups in total. The van der Waals surface area contributed by atoms with Crippen molar-refractivity contribution in [2.24, 2.45) is 0 Å². The van der Waals surface area contributed by atoms with Gasteiger partial charge in [0.15, 0.2) is 0 Å². The predicted molar refractivity (Wildman–Crippen MR) is 56.3 cm³/mol. The second-order valence-corrected chi connectivity index (χ2v) is 4.10. The van der Waals surface area contributed by atoms with E-state index in [0.29, 0.717) is 6.54 Å². The van der Waals surface area contributed by atoms with Crippen LogP contribution in [0.2, 0.25) is 0 Å². The van der Waals surface area contributed by atoms with Crippen LogP contribution in [0.3, 0.4) is 0 Å². The summed E-state index contributed by atoms with van der Waals surface area (Å²) in [4.78, 5) is 4.22. The molecule has 0 saturated heterocycles. The fraction of sp³-hybridized carbons (Fsp3) is 0.545. The maximum atomic E-state index is 9.87. The summed E-state index contributed by atoms with van der Waals surface area (Å²) in [5.74, 6) is 0.882. The summed E-state index contributed by atoms with van der Waals surface area (Å²) in [5, 5.41) is 13.1. The van der Waals surface area contributed by atoms with E-state index in [1.165, 1.54) is 0 Å².